The van der Waals surface area contributed by atoms with E-state index in [1.807, 2.05) is 0 Å². The van der Waals surface area contributed by atoms with Crippen molar-refractivity contribution in [3.05, 3.63) is 72.4 Å². The summed E-state index contributed by atoms with van der Waals surface area (Å²) >= 11 is 0. The van der Waals surface area contributed by atoms with E-state index in [1.54, 1.807) is 12.1 Å². The van der Waals surface area contributed by atoms with Crippen molar-refractivity contribution < 1.29 is 27.5 Å². The number of carbonyl (C=O) groups is 2. The lowest BCUT2D eigenvalue weighted by molar-refractivity contribution is -0.137. The number of primary amides is 1. The van der Waals surface area contributed by atoms with E-state index in [0.29, 0.717) is 6.20 Å². The van der Waals surface area contributed by atoms with Gasteiger partial charge in [-0.05, 0) is 36.4 Å². The molecule has 0 atom stereocenters. The Kier molecular flexibility index (Phi) is 7.00. The van der Waals surface area contributed by atoms with E-state index in [9.17, 15) is 22.8 Å². The van der Waals surface area contributed by atoms with Crippen molar-refractivity contribution in [2.45, 2.75) is 6.18 Å². The lowest BCUT2D eigenvalue weighted by Gasteiger charge is -2.17. The summed E-state index contributed by atoms with van der Waals surface area (Å²) in [6.07, 6.45) is -3.14. The van der Waals surface area contributed by atoms with Crippen LogP contribution in [-0.2, 0) is 11.0 Å². The summed E-state index contributed by atoms with van der Waals surface area (Å²) in [4.78, 5) is 30.9. The minimum atomic E-state index is -4.77. The Hall–Kier alpha value is -4.61. The number of benzene rings is 2. The molecule has 2 aromatic carbocycles. The van der Waals surface area contributed by atoms with Crippen LogP contribution >= 0.6 is 0 Å². The van der Waals surface area contributed by atoms with Crippen LogP contribution in [0.1, 0.15) is 15.9 Å². The molecule has 1 heterocycles. The number of rotatable bonds is 8. The average molecular weight is 472 g/mol. The second-order valence-electron chi connectivity index (χ2n) is 6.72. The summed E-state index contributed by atoms with van der Waals surface area (Å²) in [5.41, 5.74) is 4.87. The van der Waals surface area contributed by atoms with Crippen LogP contribution in [0.5, 0.6) is 5.75 Å². The van der Waals surface area contributed by atoms with E-state index in [2.05, 4.69) is 32.5 Å². The third kappa shape index (κ3) is 5.59. The number of amides is 2. The predicted molar refractivity (Wildman–Crippen MR) is 120 cm³/mol. The molecule has 5 N–H and O–H groups in total. The first-order valence-electron chi connectivity index (χ1n) is 9.61. The van der Waals surface area contributed by atoms with Gasteiger partial charge in [-0.15, -0.1) is 0 Å². The Morgan fingerprint density at radius 3 is 2.41 bits per heavy atom. The number of hydrogen-bond donors (Lipinski definition) is 4. The Morgan fingerprint density at radius 2 is 1.79 bits per heavy atom. The first-order chi connectivity index (χ1) is 16.1. The molecule has 0 aliphatic rings. The van der Waals surface area contributed by atoms with Crippen molar-refractivity contribution >= 4 is 40.6 Å². The molecule has 176 valence electrons. The molecular weight excluding hydrogens is 453 g/mol. The molecule has 0 spiro atoms. The number of nitrogens with two attached hydrogens (primary N) is 1. The lowest BCUT2D eigenvalue weighted by Crippen LogP contribution is -2.14. The number of ether oxygens (including phenoxy) is 1. The van der Waals surface area contributed by atoms with Crippen LogP contribution in [-0.4, -0.2) is 28.9 Å². The quantitative estimate of drug-likeness (QED) is 0.361. The molecule has 34 heavy (non-hydrogen) atoms. The summed E-state index contributed by atoms with van der Waals surface area (Å²) in [5, 5.41) is 7.84. The van der Waals surface area contributed by atoms with Crippen molar-refractivity contribution in [3.63, 3.8) is 0 Å². The Balaban J connectivity index is 2.03. The van der Waals surface area contributed by atoms with Gasteiger partial charge in [-0.2, -0.15) is 18.2 Å². The summed E-state index contributed by atoms with van der Waals surface area (Å²) in [5.74, 6) is -1.77. The van der Waals surface area contributed by atoms with E-state index in [1.165, 1.54) is 37.4 Å². The van der Waals surface area contributed by atoms with Gasteiger partial charge in [0.25, 0.3) is 0 Å². The number of alkyl halides is 3. The summed E-state index contributed by atoms with van der Waals surface area (Å²) in [6.45, 7) is 3.35. The zero-order valence-electron chi connectivity index (χ0n) is 17.7. The van der Waals surface area contributed by atoms with Gasteiger partial charge >= 0.3 is 6.18 Å². The SMILES string of the molecule is C=CC(=O)Nc1ccccc1Nc1nc(Nc2cc(C(N)=O)ccc2OC)ncc1C(F)(F)F. The molecule has 3 aromatic rings. The van der Waals surface area contributed by atoms with Gasteiger partial charge in [0, 0.05) is 11.8 Å². The standard InChI is InChI=1S/C22H19F3N6O3/c1-3-18(32)28-14-6-4-5-7-15(14)29-20-13(22(23,24)25)11-27-21(31-20)30-16-10-12(19(26)33)8-9-17(16)34-2/h3-11H,1H2,2H3,(H2,26,33)(H,28,32)(H2,27,29,30,31). The zero-order chi connectivity index (χ0) is 24.9. The molecule has 0 aliphatic carbocycles. The number of aromatic nitrogens is 2. The van der Waals surface area contributed by atoms with E-state index in [4.69, 9.17) is 10.5 Å². The van der Waals surface area contributed by atoms with Crippen molar-refractivity contribution in [1.82, 2.24) is 9.97 Å². The molecule has 12 heteroatoms. The highest BCUT2D eigenvalue weighted by Crippen LogP contribution is 2.37. The largest absolute Gasteiger partial charge is 0.495 e. The van der Waals surface area contributed by atoms with E-state index < -0.39 is 29.4 Å². The molecule has 0 aliphatic heterocycles. The Morgan fingerprint density at radius 1 is 1.09 bits per heavy atom. The number of nitrogens with one attached hydrogen (secondary N) is 3. The molecule has 9 nitrogen and oxygen atoms in total. The fraction of sp³-hybridized carbons (Fsp3) is 0.0909. The zero-order valence-corrected chi connectivity index (χ0v) is 17.7. The predicted octanol–water partition coefficient (Wildman–Crippen LogP) is 4.21. The van der Waals surface area contributed by atoms with E-state index >= 15 is 0 Å². The van der Waals surface area contributed by atoms with Gasteiger partial charge in [0.15, 0.2) is 0 Å². The first-order valence-corrected chi connectivity index (χ1v) is 9.61. The number of carbonyl (C=O) groups excluding carboxylic acids is 2. The number of para-hydroxylation sites is 2. The second-order valence-corrected chi connectivity index (χ2v) is 6.72. The number of methoxy groups -OCH3 is 1. The third-order valence-electron chi connectivity index (χ3n) is 4.45. The molecule has 0 bridgehead atoms. The molecule has 0 saturated carbocycles. The Labute approximate surface area is 191 Å². The molecule has 2 amide bonds. The van der Waals surface area contributed by atoms with Gasteiger partial charge in [0.2, 0.25) is 17.8 Å². The maximum absolute atomic E-state index is 13.6. The third-order valence-corrected chi connectivity index (χ3v) is 4.45. The van der Waals surface area contributed by atoms with Gasteiger partial charge in [-0.25, -0.2) is 4.98 Å². The molecule has 1 aromatic heterocycles. The molecule has 0 fully saturated rings. The lowest BCUT2D eigenvalue weighted by atomic mass is 10.2. The highest BCUT2D eigenvalue weighted by molar-refractivity contribution is 6.01. The summed E-state index contributed by atoms with van der Waals surface area (Å²) < 4.78 is 46.1. The molecule has 0 unspecified atom stereocenters. The summed E-state index contributed by atoms with van der Waals surface area (Å²) in [6, 6.07) is 10.4. The van der Waals surface area contributed by atoms with Crippen LogP contribution < -0.4 is 26.4 Å². The minimum Gasteiger partial charge on any atom is -0.495 e. The van der Waals surface area contributed by atoms with Gasteiger partial charge in [0.1, 0.15) is 17.1 Å². The topological polar surface area (TPSA) is 131 Å². The highest BCUT2D eigenvalue weighted by atomic mass is 19.4. The number of anilines is 5. The smallest absolute Gasteiger partial charge is 0.421 e. The highest BCUT2D eigenvalue weighted by Gasteiger charge is 2.35. The molecule has 0 radical (unpaired) electrons. The van der Waals surface area contributed by atoms with Crippen molar-refractivity contribution in [2.75, 3.05) is 23.1 Å². The van der Waals surface area contributed by atoms with Gasteiger partial charge in [-0.1, -0.05) is 18.7 Å². The maximum Gasteiger partial charge on any atom is 0.421 e. The van der Waals surface area contributed by atoms with Crippen molar-refractivity contribution in [3.8, 4) is 5.75 Å². The van der Waals surface area contributed by atoms with Crippen LogP contribution in [0.2, 0.25) is 0 Å². The molecule has 3 rings (SSSR count). The number of nitrogens with zero attached hydrogens (tertiary/aromatic N) is 2. The van der Waals surface area contributed by atoms with Crippen molar-refractivity contribution in [1.29, 1.82) is 0 Å². The van der Waals surface area contributed by atoms with E-state index in [-0.39, 0.29) is 34.3 Å². The van der Waals surface area contributed by atoms with Gasteiger partial charge < -0.3 is 26.4 Å². The molecular formula is C22H19F3N6O3. The summed E-state index contributed by atoms with van der Waals surface area (Å²) in [7, 11) is 1.37. The van der Waals surface area contributed by atoms with Crippen LogP contribution in [0.3, 0.4) is 0 Å². The monoisotopic (exact) mass is 472 g/mol. The van der Waals surface area contributed by atoms with Crippen molar-refractivity contribution in [2.24, 2.45) is 5.73 Å². The fourth-order valence-electron chi connectivity index (χ4n) is 2.84. The molecule has 0 saturated heterocycles. The minimum absolute atomic E-state index is 0.139. The normalized spacial score (nSPS) is 10.8. The first kappa shape index (κ1) is 24.0. The van der Waals surface area contributed by atoms with Gasteiger partial charge in [0.05, 0.1) is 24.2 Å². The number of halogens is 3. The second kappa shape index (κ2) is 9.90. The van der Waals surface area contributed by atoms with Crippen LogP contribution in [0.4, 0.5) is 42.0 Å². The van der Waals surface area contributed by atoms with Crippen LogP contribution in [0.25, 0.3) is 0 Å². The van der Waals surface area contributed by atoms with Gasteiger partial charge in [-0.3, -0.25) is 9.59 Å². The van der Waals surface area contributed by atoms with Crippen LogP contribution in [0.15, 0.2) is 61.3 Å². The number of hydrogen-bond acceptors (Lipinski definition) is 7. The fourth-order valence-corrected chi connectivity index (χ4v) is 2.84. The van der Waals surface area contributed by atoms with Crippen LogP contribution in [0, 0.1) is 0 Å². The maximum atomic E-state index is 13.6. The van der Waals surface area contributed by atoms with E-state index in [0.717, 1.165) is 6.08 Å². The Bertz CT molecular complexity index is 1250. The average Bonchev–Trinajstić information content (AvgIpc) is 2.79.